The molecule has 2 fully saturated rings. The van der Waals surface area contributed by atoms with Gasteiger partial charge in [-0.3, -0.25) is 29.5 Å². The first-order valence-electron chi connectivity index (χ1n) is 11.9. The summed E-state index contributed by atoms with van der Waals surface area (Å²) in [6.07, 6.45) is 8.24. The molecule has 2 aromatic heterocycles. The zero-order valence-corrected chi connectivity index (χ0v) is 19.3. The predicted octanol–water partition coefficient (Wildman–Crippen LogP) is 1.23. The van der Waals surface area contributed by atoms with Gasteiger partial charge in [-0.2, -0.15) is 0 Å². The Morgan fingerprint density at radius 3 is 2.75 bits per heavy atom. The predicted molar refractivity (Wildman–Crippen MR) is 125 cm³/mol. The number of benzene rings is 1. The van der Waals surface area contributed by atoms with Crippen molar-refractivity contribution < 1.29 is 19.2 Å². The van der Waals surface area contributed by atoms with Gasteiger partial charge in [0.05, 0.1) is 17.4 Å². The van der Waals surface area contributed by atoms with Crippen LogP contribution >= 0.6 is 0 Å². The Bertz CT molecular complexity index is 1400. The van der Waals surface area contributed by atoms with Crippen LogP contribution in [0.25, 0.3) is 5.69 Å². The number of nitrogens with zero attached hydrogens (tertiary/aromatic N) is 5. The van der Waals surface area contributed by atoms with Crippen LogP contribution < -0.4 is 10.6 Å². The van der Waals surface area contributed by atoms with E-state index in [0.717, 1.165) is 30.4 Å². The molecule has 182 valence electrons. The second-order valence-electron chi connectivity index (χ2n) is 9.42. The molecule has 2 N–H and O–H groups in total. The maximum atomic E-state index is 13.0. The van der Waals surface area contributed by atoms with Crippen molar-refractivity contribution in [1.82, 2.24) is 35.5 Å². The third-order valence-corrected chi connectivity index (χ3v) is 7.27. The van der Waals surface area contributed by atoms with Gasteiger partial charge in [0, 0.05) is 30.9 Å². The number of imide groups is 1. The highest BCUT2D eigenvalue weighted by Gasteiger charge is 2.41. The van der Waals surface area contributed by atoms with Crippen LogP contribution in [0.15, 0.2) is 48.9 Å². The van der Waals surface area contributed by atoms with E-state index in [-0.39, 0.29) is 36.4 Å². The third kappa shape index (κ3) is 3.63. The van der Waals surface area contributed by atoms with Crippen molar-refractivity contribution in [3.05, 3.63) is 71.3 Å². The minimum Gasteiger partial charge on any atom is -0.341 e. The van der Waals surface area contributed by atoms with Crippen LogP contribution in [-0.4, -0.2) is 54.5 Å². The first-order valence-corrected chi connectivity index (χ1v) is 11.9. The van der Waals surface area contributed by atoms with E-state index >= 15 is 0 Å². The number of carbonyl (C=O) groups is 4. The van der Waals surface area contributed by atoms with E-state index in [0.29, 0.717) is 17.7 Å². The lowest BCUT2D eigenvalue weighted by Crippen LogP contribution is -2.52. The average molecular weight is 486 g/mol. The first-order chi connectivity index (χ1) is 17.4. The van der Waals surface area contributed by atoms with Crippen molar-refractivity contribution in [2.45, 2.75) is 50.2 Å². The van der Waals surface area contributed by atoms with E-state index in [4.69, 9.17) is 0 Å². The molecule has 3 aromatic rings. The molecule has 4 amide bonds. The minimum atomic E-state index is -0.675. The lowest BCUT2D eigenvalue weighted by Gasteiger charge is -2.42. The molecule has 1 aliphatic carbocycles. The van der Waals surface area contributed by atoms with E-state index in [1.165, 1.54) is 9.58 Å². The van der Waals surface area contributed by atoms with Gasteiger partial charge in [-0.1, -0.05) is 11.3 Å². The summed E-state index contributed by atoms with van der Waals surface area (Å²) >= 11 is 0. The van der Waals surface area contributed by atoms with E-state index in [2.05, 4.69) is 25.9 Å². The van der Waals surface area contributed by atoms with Gasteiger partial charge in [-0.25, -0.2) is 4.68 Å². The van der Waals surface area contributed by atoms with Crippen molar-refractivity contribution in [3.8, 4) is 5.69 Å². The Hall–Kier alpha value is -4.41. The smallest absolute Gasteiger partial charge is 0.274 e. The fourth-order valence-electron chi connectivity index (χ4n) is 5.14. The van der Waals surface area contributed by atoms with Crippen LogP contribution in [0.1, 0.15) is 64.1 Å². The number of hydrogen-bond donors (Lipinski definition) is 2. The molecule has 11 nitrogen and oxygen atoms in total. The lowest BCUT2D eigenvalue weighted by atomic mass is 9.72. The maximum absolute atomic E-state index is 13.0. The number of fused-ring (bicyclic) bond motifs is 1. The van der Waals surface area contributed by atoms with Crippen LogP contribution in [0.5, 0.6) is 0 Å². The van der Waals surface area contributed by atoms with Gasteiger partial charge < -0.3 is 10.2 Å². The molecule has 1 unspecified atom stereocenters. The number of carbonyl (C=O) groups excluding carboxylic acids is 4. The van der Waals surface area contributed by atoms with Crippen molar-refractivity contribution in [3.63, 3.8) is 0 Å². The molecule has 1 aromatic carbocycles. The van der Waals surface area contributed by atoms with E-state index in [1.54, 1.807) is 36.8 Å². The van der Waals surface area contributed by atoms with Crippen LogP contribution in [0.3, 0.4) is 0 Å². The molecule has 1 atom stereocenters. The highest BCUT2D eigenvalue weighted by molar-refractivity contribution is 6.05. The Kier molecular flexibility index (Phi) is 5.13. The van der Waals surface area contributed by atoms with Crippen LogP contribution in [0, 0.1) is 0 Å². The molecular weight excluding hydrogens is 462 g/mol. The van der Waals surface area contributed by atoms with Gasteiger partial charge in [-0.15, -0.1) is 5.10 Å². The molecule has 11 heteroatoms. The van der Waals surface area contributed by atoms with Gasteiger partial charge in [0.2, 0.25) is 11.8 Å². The second-order valence-corrected chi connectivity index (χ2v) is 9.42. The Labute approximate surface area is 205 Å². The number of aromatic nitrogens is 4. The monoisotopic (exact) mass is 485 g/mol. The van der Waals surface area contributed by atoms with Gasteiger partial charge in [-0.05, 0) is 61.1 Å². The normalized spacial score (nSPS) is 20.5. The zero-order chi connectivity index (χ0) is 24.9. The summed E-state index contributed by atoms with van der Waals surface area (Å²) in [7, 11) is 0. The second kappa shape index (κ2) is 8.36. The maximum Gasteiger partial charge on any atom is 0.274 e. The lowest BCUT2D eigenvalue weighted by molar-refractivity contribution is -0.136. The highest BCUT2D eigenvalue weighted by Crippen LogP contribution is 2.41. The quantitative estimate of drug-likeness (QED) is 0.518. The molecule has 0 spiro atoms. The van der Waals surface area contributed by atoms with Gasteiger partial charge in [0.1, 0.15) is 6.04 Å². The molecule has 1 saturated carbocycles. The molecule has 4 heterocycles. The average Bonchev–Trinajstić information content (AvgIpc) is 3.47. The topological polar surface area (TPSA) is 139 Å². The van der Waals surface area contributed by atoms with Gasteiger partial charge in [0.25, 0.3) is 11.8 Å². The summed E-state index contributed by atoms with van der Waals surface area (Å²) in [6, 6.07) is 8.37. The van der Waals surface area contributed by atoms with E-state index in [9.17, 15) is 19.2 Å². The Morgan fingerprint density at radius 1 is 1.17 bits per heavy atom. The van der Waals surface area contributed by atoms with Crippen molar-refractivity contribution in [2.24, 2.45) is 0 Å². The highest BCUT2D eigenvalue weighted by atomic mass is 16.2. The number of nitrogens with one attached hydrogen (secondary N) is 2. The molecule has 0 bridgehead atoms. The van der Waals surface area contributed by atoms with Crippen molar-refractivity contribution in [2.75, 3.05) is 0 Å². The van der Waals surface area contributed by atoms with Crippen LogP contribution in [0.2, 0.25) is 0 Å². The van der Waals surface area contributed by atoms with Crippen LogP contribution in [-0.2, 0) is 21.7 Å². The van der Waals surface area contributed by atoms with Crippen molar-refractivity contribution >= 4 is 23.6 Å². The molecule has 2 aliphatic heterocycles. The summed E-state index contributed by atoms with van der Waals surface area (Å²) < 4.78 is 1.49. The number of piperidine rings is 1. The third-order valence-electron chi connectivity index (χ3n) is 7.27. The summed E-state index contributed by atoms with van der Waals surface area (Å²) in [6.45, 7) is 0.254. The number of hydrogen-bond acceptors (Lipinski definition) is 7. The SMILES string of the molecule is O=C1CCC(N2Cc3cc(-n4cc(C(=O)NC5(c6cccnc6)CCC5)nn4)ccc3C2=O)C(=O)N1. The van der Waals surface area contributed by atoms with E-state index < -0.39 is 17.5 Å². The fraction of sp³-hybridized carbons (Fsp3) is 0.320. The first kappa shape index (κ1) is 22.1. The molecule has 3 aliphatic rings. The largest absolute Gasteiger partial charge is 0.341 e. The van der Waals surface area contributed by atoms with Crippen LogP contribution in [0.4, 0.5) is 0 Å². The minimum absolute atomic E-state index is 0.187. The molecular formula is C25H23N7O4. The summed E-state index contributed by atoms with van der Waals surface area (Å²) in [5.41, 5.74) is 2.61. The fourth-order valence-corrected chi connectivity index (χ4v) is 5.14. The Balaban J connectivity index is 1.19. The number of rotatable bonds is 5. The summed E-state index contributed by atoms with van der Waals surface area (Å²) in [5, 5.41) is 13.6. The summed E-state index contributed by atoms with van der Waals surface area (Å²) in [5.74, 6) is -1.33. The van der Waals surface area contributed by atoms with E-state index in [1.807, 2.05) is 12.1 Å². The number of pyridine rings is 1. The molecule has 0 radical (unpaired) electrons. The number of amides is 4. The zero-order valence-electron chi connectivity index (χ0n) is 19.3. The summed E-state index contributed by atoms with van der Waals surface area (Å²) in [4.78, 5) is 55.3. The Morgan fingerprint density at radius 2 is 2.03 bits per heavy atom. The molecule has 1 saturated heterocycles. The molecule has 36 heavy (non-hydrogen) atoms. The standard InChI is InChI=1S/C25H23N7O4/c33-21-7-6-20(23(35)27-21)31-13-15-11-17(4-5-18(15)24(31)36)32-14-19(29-30-32)22(34)28-25(8-2-9-25)16-3-1-10-26-12-16/h1,3-5,10-12,14,20H,2,6-9,13H2,(H,28,34)(H,27,33,35). The van der Waals surface area contributed by atoms with Gasteiger partial charge >= 0.3 is 0 Å². The van der Waals surface area contributed by atoms with Crippen molar-refractivity contribution in [1.29, 1.82) is 0 Å². The molecule has 6 rings (SSSR count). The van der Waals surface area contributed by atoms with Gasteiger partial charge in [0.15, 0.2) is 5.69 Å².